The van der Waals surface area contributed by atoms with Crippen molar-refractivity contribution in [2.75, 3.05) is 5.23 Å². The summed E-state index contributed by atoms with van der Waals surface area (Å²) in [5.74, 6) is 0. The van der Waals surface area contributed by atoms with Crippen LogP contribution in [0.3, 0.4) is 0 Å². The van der Waals surface area contributed by atoms with E-state index in [1.807, 2.05) is 41.6 Å². The number of hydrazine groups is 1. The predicted octanol–water partition coefficient (Wildman–Crippen LogP) is 6.46. The molecule has 6 rings (SSSR count). The van der Waals surface area contributed by atoms with Gasteiger partial charge < -0.3 is 0 Å². The largest absolute Gasteiger partial charge is 0.262 e. The third-order valence-electron chi connectivity index (χ3n) is 5.66. The highest BCUT2D eigenvalue weighted by Crippen LogP contribution is 2.32. The fourth-order valence-corrected chi connectivity index (χ4v) is 4.53. The number of aromatic nitrogens is 1. The summed E-state index contributed by atoms with van der Waals surface area (Å²) in [6.07, 6.45) is 2.10. The van der Waals surface area contributed by atoms with Gasteiger partial charge in [0.05, 0.1) is 22.4 Å². The van der Waals surface area contributed by atoms with Gasteiger partial charge in [0.25, 0.3) is 0 Å². The Hall–Kier alpha value is -3.83. The van der Waals surface area contributed by atoms with Gasteiger partial charge in [-0.15, -0.1) is 10.3 Å². The van der Waals surface area contributed by atoms with Gasteiger partial charge in [0, 0.05) is 20.8 Å². The van der Waals surface area contributed by atoms with Crippen molar-refractivity contribution in [3.05, 3.63) is 125 Å². The van der Waals surface area contributed by atoms with Crippen molar-refractivity contribution in [2.24, 2.45) is 5.10 Å². The topological polar surface area (TPSA) is 32.6 Å². The summed E-state index contributed by atoms with van der Waals surface area (Å²) in [5, 5.41) is 9.21. The molecule has 0 bridgehead atoms. The molecular formula is C27H19BrN4. The molecule has 5 aromatic rings. The number of nitrogens with zero attached hydrogens (tertiary/aromatic N) is 3. The number of allylic oxidation sites excluding steroid dienone is 1. The number of halogens is 1. The number of benzene rings is 4. The van der Waals surface area contributed by atoms with E-state index in [-0.39, 0.29) is 0 Å². The average molecular weight is 479 g/mol. The second-order valence-electron chi connectivity index (χ2n) is 7.67. The van der Waals surface area contributed by atoms with E-state index < -0.39 is 0 Å². The summed E-state index contributed by atoms with van der Waals surface area (Å²) in [6.45, 7) is 0. The molecular weight excluding hydrogens is 460 g/mol. The first-order valence-corrected chi connectivity index (χ1v) is 11.2. The van der Waals surface area contributed by atoms with Crippen molar-refractivity contribution >= 4 is 49.1 Å². The van der Waals surface area contributed by atoms with Crippen LogP contribution in [0.15, 0.2) is 119 Å². The van der Waals surface area contributed by atoms with Gasteiger partial charge in [0.1, 0.15) is 0 Å². The Labute approximate surface area is 194 Å². The van der Waals surface area contributed by atoms with E-state index in [4.69, 9.17) is 5.10 Å². The van der Waals surface area contributed by atoms with E-state index >= 15 is 0 Å². The standard InChI is InChI=1S/C27H19BrN4/c28-21-15-16-27-23(17-21)22-13-7-8-14-26(22)31(27)32-29-24(19-9-3-1-4-10-19)18-25(30-32)20-11-5-2-6-12-20/h1-18,29H. The molecule has 0 amide bonds. The summed E-state index contributed by atoms with van der Waals surface area (Å²) >= 11 is 3.63. The van der Waals surface area contributed by atoms with Gasteiger partial charge in [-0.05, 0) is 35.9 Å². The lowest BCUT2D eigenvalue weighted by atomic mass is 10.1. The molecule has 0 saturated heterocycles. The van der Waals surface area contributed by atoms with Crippen LogP contribution in [0.25, 0.3) is 27.5 Å². The number of fused-ring (bicyclic) bond motifs is 3. The summed E-state index contributed by atoms with van der Waals surface area (Å²) in [6, 6.07) is 35.4. The molecule has 32 heavy (non-hydrogen) atoms. The SMILES string of the molecule is Brc1ccc2c(c1)c1ccccc1n2N1N=C(c2ccccc2)C=C(c2ccccc2)N1. The van der Waals surface area contributed by atoms with Gasteiger partial charge in [-0.25, -0.2) is 4.68 Å². The molecule has 5 heteroatoms. The summed E-state index contributed by atoms with van der Waals surface area (Å²) in [7, 11) is 0. The van der Waals surface area contributed by atoms with E-state index in [2.05, 4.69) is 98.8 Å². The van der Waals surface area contributed by atoms with Crippen LogP contribution in [0, 0.1) is 0 Å². The van der Waals surface area contributed by atoms with Crippen LogP contribution in [0.2, 0.25) is 0 Å². The molecule has 0 radical (unpaired) electrons. The molecule has 0 fully saturated rings. The summed E-state index contributed by atoms with van der Waals surface area (Å²) in [5.41, 5.74) is 9.74. The molecule has 4 nitrogen and oxygen atoms in total. The van der Waals surface area contributed by atoms with Gasteiger partial charge in [0.15, 0.2) is 0 Å². The maximum atomic E-state index is 5.01. The molecule has 0 unspecified atom stereocenters. The molecule has 0 atom stereocenters. The number of para-hydroxylation sites is 1. The number of hydrazone groups is 1. The van der Waals surface area contributed by atoms with Crippen molar-refractivity contribution in [2.45, 2.75) is 0 Å². The number of hydrogen-bond donors (Lipinski definition) is 1. The lowest BCUT2D eigenvalue weighted by molar-refractivity contribution is 0.594. The Morgan fingerprint density at radius 2 is 1.31 bits per heavy atom. The van der Waals surface area contributed by atoms with Crippen molar-refractivity contribution in [3.63, 3.8) is 0 Å². The molecule has 1 N–H and O–H groups in total. The molecule has 0 saturated carbocycles. The Kier molecular flexibility index (Phi) is 4.55. The van der Waals surface area contributed by atoms with Gasteiger partial charge in [-0.2, -0.15) is 0 Å². The minimum absolute atomic E-state index is 0.895. The minimum Gasteiger partial charge on any atom is -0.262 e. The summed E-state index contributed by atoms with van der Waals surface area (Å²) in [4.78, 5) is 0. The predicted molar refractivity (Wildman–Crippen MR) is 136 cm³/mol. The Morgan fingerprint density at radius 3 is 2.09 bits per heavy atom. The van der Waals surface area contributed by atoms with Crippen molar-refractivity contribution in [1.82, 2.24) is 10.1 Å². The lowest BCUT2D eigenvalue weighted by Crippen LogP contribution is -2.44. The molecule has 1 aliphatic heterocycles. The quantitative estimate of drug-likeness (QED) is 0.322. The van der Waals surface area contributed by atoms with Crippen LogP contribution in [0.1, 0.15) is 11.1 Å². The lowest BCUT2D eigenvalue weighted by Gasteiger charge is -2.29. The molecule has 4 aromatic carbocycles. The van der Waals surface area contributed by atoms with E-state index in [1.54, 1.807) is 0 Å². The van der Waals surface area contributed by atoms with Crippen LogP contribution < -0.4 is 10.7 Å². The zero-order valence-corrected chi connectivity index (χ0v) is 18.7. The van der Waals surface area contributed by atoms with Crippen LogP contribution in [-0.2, 0) is 0 Å². The van der Waals surface area contributed by atoms with E-state index in [0.717, 1.165) is 38.0 Å². The van der Waals surface area contributed by atoms with E-state index in [1.165, 1.54) is 10.8 Å². The zero-order valence-electron chi connectivity index (χ0n) is 17.1. The molecule has 0 spiro atoms. The van der Waals surface area contributed by atoms with Crippen LogP contribution in [0.5, 0.6) is 0 Å². The highest BCUT2D eigenvalue weighted by Gasteiger charge is 2.21. The van der Waals surface area contributed by atoms with Gasteiger partial charge in [-0.1, -0.05) is 94.8 Å². The van der Waals surface area contributed by atoms with Gasteiger partial charge >= 0.3 is 0 Å². The first kappa shape index (κ1) is 18.9. The number of hydrogen-bond acceptors (Lipinski definition) is 3. The second kappa shape index (κ2) is 7.70. The molecule has 154 valence electrons. The third-order valence-corrected chi connectivity index (χ3v) is 6.15. The van der Waals surface area contributed by atoms with E-state index in [9.17, 15) is 0 Å². The minimum atomic E-state index is 0.895. The van der Waals surface area contributed by atoms with Crippen molar-refractivity contribution in [1.29, 1.82) is 0 Å². The monoisotopic (exact) mass is 478 g/mol. The first-order chi connectivity index (χ1) is 15.8. The van der Waals surface area contributed by atoms with Gasteiger partial charge in [-0.3, -0.25) is 5.43 Å². The van der Waals surface area contributed by atoms with Crippen LogP contribution in [0.4, 0.5) is 0 Å². The van der Waals surface area contributed by atoms with Crippen molar-refractivity contribution in [3.8, 4) is 0 Å². The zero-order chi connectivity index (χ0) is 21.5. The van der Waals surface area contributed by atoms with Crippen LogP contribution >= 0.6 is 15.9 Å². The van der Waals surface area contributed by atoms with Crippen molar-refractivity contribution < 1.29 is 0 Å². The highest BCUT2D eigenvalue weighted by molar-refractivity contribution is 9.10. The second-order valence-corrected chi connectivity index (χ2v) is 8.58. The Morgan fingerprint density at radius 1 is 0.656 bits per heavy atom. The normalized spacial score (nSPS) is 13.7. The Bertz CT molecular complexity index is 1500. The molecule has 1 aromatic heterocycles. The smallest absolute Gasteiger partial charge is 0.0966 e. The highest BCUT2D eigenvalue weighted by atomic mass is 79.9. The maximum Gasteiger partial charge on any atom is 0.0966 e. The number of rotatable bonds is 3. The third kappa shape index (κ3) is 3.18. The van der Waals surface area contributed by atoms with Gasteiger partial charge in [0.2, 0.25) is 0 Å². The molecule has 1 aliphatic rings. The fourth-order valence-electron chi connectivity index (χ4n) is 4.17. The Balaban J connectivity index is 1.59. The number of nitrogens with one attached hydrogen (secondary N) is 1. The maximum absolute atomic E-state index is 5.01. The van der Waals surface area contributed by atoms with Crippen LogP contribution in [-0.4, -0.2) is 10.4 Å². The average Bonchev–Trinajstić information content (AvgIpc) is 3.18. The summed E-state index contributed by atoms with van der Waals surface area (Å²) < 4.78 is 3.19. The molecule has 2 heterocycles. The first-order valence-electron chi connectivity index (χ1n) is 10.4. The fraction of sp³-hybridized carbons (Fsp3) is 0. The molecule has 0 aliphatic carbocycles. The van der Waals surface area contributed by atoms with E-state index in [0.29, 0.717) is 0 Å².